The van der Waals surface area contributed by atoms with E-state index >= 15 is 0 Å². The van der Waals surface area contributed by atoms with Crippen molar-refractivity contribution in [3.63, 3.8) is 0 Å². The molecule has 0 saturated carbocycles. The lowest BCUT2D eigenvalue weighted by Gasteiger charge is -2.20. The number of carbonyl (C=O) groups is 1. The summed E-state index contributed by atoms with van der Waals surface area (Å²) in [7, 11) is 0. The van der Waals surface area contributed by atoms with Crippen molar-refractivity contribution >= 4 is 5.91 Å². The fourth-order valence-electron chi connectivity index (χ4n) is 1.79. The fraction of sp³-hybridized carbons (Fsp3) is 0.308. The van der Waals surface area contributed by atoms with E-state index in [-0.39, 0.29) is 11.7 Å². The molecule has 1 amide bonds. The van der Waals surface area contributed by atoms with Crippen LogP contribution in [0.5, 0.6) is 0 Å². The Morgan fingerprint density at radius 1 is 1.37 bits per heavy atom. The zero-order chi connectivity index (χ0) is 13.7. The molecule has 0 unspecified atom stereocenters. The number of nitrogens with zero attached hydrogens (tertiary/aromatic N) is 3. The third kappa shape index (κ3) is 3.38. The van der Waals surface area contributed by atoms with Crippen LogP contribution in [-0.2, 0) is 6.54 Å². The van der Waals surface area contributed by atoms with Gasteiger partial charge in [0.2, 0.25) is 5.82 Å². The summed E-state index contributed by atoms with van der Waals surface area (Å²) in [6, 6.07) is 9.77. The van der Waals surface area contributed by atoms with E-state index < -0.39 is 0 Å². The van der Waals surface area contributed by atoms with E-state index in [0.717, 1.165) is 5.56 Å². The van der Waals surface area contributed by atoms with Crippen LogP contribution in [0, 0.1) is 6.92 Å². The number of aromatic nitrogens is 3. The summed E-state index contributed by atoms with van der Waals surface area (Å²) in [6.07, 6.45) is 0. The molecule has 0 bridgehead atoms. The second-order valence-corrected chi connectivity index (χ2v) is 4.25. The van der Waals surface area contributed by atoms with Gasteiger partial charge in [-0.3, -0.25) is 9.89 Å². The van der Waals surface area contributed by atoms with Gasteiger partial charge < -0.3 is 10.6 Å². The summed E-state index contributed by atoms with van der Waals surface area (Å²) in [5.74, 6) is 0.594. The highest BCUT2D eigenvalue weighted by atomic mass is 16.2. The van der Waals surface area contributed by atoms with E-state index in [4.69, 9.17) is 5.73 Å². The molecule has 0 atom stereocenters. The highest BCUT2D eigenvalue weighted by molar-refractivity contribution is 5.90. The van der Waals surface area contributed by atoms with Gasteiger partial charge in [-0.25, -0.2) is 4.98 Å². The van der Waals surface area contributed by atoms with Crippen LogP contribution in [0.15, 0.2) is 30.3 Å². The number of hydrogen-bond donors (Lipinski definition) is 2. The quantitative estimate of drug-likeness (QED) is 0.828. The number of H-pyrrole nitrogens is 1. The predicted octanol–water partition coefficient (Wildman–Crippen LogP) is 0.714. The van der Waals surface area contributed by atoms with Crippen LogP contribution >= 0.6 is 0 Å². The van der Waals surface area contributed by atoms with Gasteiger partial charge in [-0.2, -0.15) is 0 Å². The zero-order valence-electron chi connectivity index (χ0n) is 10.8. The third-order valence-electron chi connectivity index (χ3n) is 2.69. The van der Waals surface area contributed by atoms with Gasteiger partial charge in [-0.1, -0.05) is 30.3 Å². The first-order valence-electron chi connectivity index (χ1n) is 6.13. The Bertz CT molecular complexity index is 537. The Morgan fingerprint density at radius 2 is 2.11 bits per heavy atom. The summed E-state index contributed by atoms with van der Waals surface area (Å²) in [5.41, 5.74) is 6.61. The third-order valence-corrected chi connectivity index (χ3v) is 2.69. The molecule has 1 aromatic heterocycles. The topological polar surface area (TPSA) is 87.9 Å². The van der Waals surface area contributed by atoms with Crippen molar-refractivity contribution in [2.24, 2.45) is 5.73 Å². The maximum Gasteiger partial charge on any atom is 0.293 e. The average Bonchev–Trinajstić information content (AvgIpc) is 2.85. The summed E-state index contributed by atoms with van der Waals surface area (Å²) < 4.78 is 0. The van der Waals surface area contributed by atoms with Crippen LogP contribution in [0.1, 0.15) is 22.0 Å². The Kier molecular flexibility index (Phi) is 4.25. The van der Waals surface area contributed by atoms with Gasteiger partial charge in [-0.15, -0.1) is 5.10 Å². The molecule has 19 heavy (non-hydrogen) atoms. The fourth-order valence-corrected chi connectivity index (χ4v) is 1.79. The van der Waals surface area contributed by atoms with Crippen LogP contribution in [0.25, 0.3) is 0 Å². The molecule has 6 nitrogen and oxygen atoms in total. The van der Waals surface area contributed by atoms with Crippen LogP contribution in [0.2, 0.25) is 0 Å². The normalized spacial score (nSPS) is 10.4. The lowest BCUT2D eigenvalue weighted by Crippen LogP contribution is -2.35. The molecule has 6 heteroatoms. The largest absolute Gasteiger partial charge is 0.330 e. The van der Waals surface area contributed by atoms with Gasteiger partial charge in [0.1, 0.15) is 5.82 Å². The second-order valence-electron chi connectivity index (χ2n) is 4.25. The predicted molar refractivity (Wildman–Crippen MR) is 71.4 cm³/mol. The van der Waals surface area contributed by atoms with Crippen molar-refractivity contribution < 1.29 is 4.79 Å². The van der Waals surface area contributed by atoms with Crippen LogP contribution in [0.3, 0.4) is 0 Å². The van der Waals surface area contributed by atoms with E-state index in [1.807, 2.05) is 30.3 Å². The molecule has 0 aliphatic carbocycles. The van der Waals surface area contributed by atoms with E-state index in [1.165, 1.54) is 0 Å². The molecule has 0 aliphatic rings. The standard InChI is InChI=1S/C13H17N5O/c1-10-15-12(17-16-10)13(19)18(8-7-14)9-11-5-3-2-4-6-11/h2-6H,7-9,14H2,1H3,(H,15,16,17). The molecule has 0 saturated heterocycles. The number of benzene rings is 1. The van der Waals surface area contributed by atoms with Gasteiger partial charge in [0.05, 0.1) is 0 Å². The molecule has 1 aromatic carbocycles. The van der Waals surface area contributed by atoms with Crippen molar-refractivity contribution in [3.05, 3.63) is 47.5 Å². The molecular weight excluding hydrogens is 242 g/mol. The highest BCUT2D eigenvalue weighted by Crippen LogP contribution is 2.07. The van der Waals surface area contributed by atoms with Crippen molar-refractivity contribution in [3.8, 4) is 0 Å². The summed E-state index contributed by atoms with van der Waals surface area (Å²) in [6.45, 7) is 3.14. The van der Waals surface area contributed by atoms with Crippen molar-refractivity contribution in [2.45, 2.75) is 13.5 Å². The molecule has 1 heterocycles. The number of aryl methyl sites for hydroxylation is 1. The van der Waals surface area contributed by atoms with Gasteiger partial charge in [0.25, 0.3) is 5.91 Å². The minimum atomic E-state index is -0.210. The second kappa shape index (κ2) is 6.10. The SMILES string of the molecule is Cc1nc(C(=O)N(CCN)Cc2ccccc2)n[nH]1. The van der Waals surface area contributed by atoms with Gasteiger partial charge in [0, 0.05) is 19.6 Å². The maximum atomic E-state index is 12.3. The number of nitrogens with two attached hydrogens (primary N) is 1. The van der Waals surface area contributed by atoms with E-state index in [9.17, 15) is 4.79 Å². The number of aromatic amines is 1. The van der Waals surface area contributed by atoms with Crippen molar-refractivity contribution in [2.75, 3.05) is 13.1 Å². The lowest BCUT2D eigenvalue weighted by atomic mass is 10.2. The van der Waals surface area contributed by atoms with Gasteiger partial charge >= 0.3 is 0 Å². The minimum absolute atomic E-state index is 0.182. The Balaban J connectivity index is 2.13. The summed E-state index contributed by atoms with van der Waals surface area (Å²) >= 11 is 0. The Labute approximate surface area is 111 Å². The monoisotopic (exact) mass is 259 g/mol. The number of carbonyl (C=O) groups excluding carboxylic acids is 1. The molecule has 2 rings (SSSR count). The maximum absolute atomic E-state index is 12.3. The molecule has 100 valence electrons. The van der Waals surface area contributed by atoms with Crippen LogP contribution < -0.4 is 5.73 Å². The average molecular weight is 259 g/mol. The highest BCUT2D eigenvalue weighted by Gasteiger charge is 2.19. The zero-order valence-corrected chi connectivity index (χ0v) is 10.8. The van der Waals surface area contributed by atoms with Crippen LogP contribution in [0.4, 0.5) is 0 Å². The molecule has 2 aromatic rings. The van der Waals surface area contributed by atoms with Crippen LogP contribution in [-0.4, -0.2) is 39.1 Å². The van der Waals surface area contributed by atoms with Crippen molar-refractivity contribution in [1.29, 1.82) is 0 Å². The Hall–Kier alpha value is -2.21. The minimum Gasteiger partial charge on any atom is -0.330 e. The molecule has 3 N–H and O–H groups in total. The number of hydrogen-bond acceptors (Lipinski definition) is 4. The van der Waals surface area contributed by atoms with E-state index in [0.29, 0.717) is 25.5 Å². The smallest absolute Gasteiger partial charge is 0.293 e. The number of nitrogens with one attached hydrogen (secondary N) is 1. The molecule has 0 fully saturated rings. The first kappa shape index (κ1) is 13.2. The summed E-state index contributed by atoms with van der Waals surface area (Å²) in [5, 5.41) is 6.56. The molecule has 0 spiro atoms. The molecular formula is C13H17N5O. The van der Waals surface area contributed by atoms with E-state index in [1.54, 1.807) is 11.8 Å². The molecule has 0 radical (unpaired) electrons. The first-order valence-corrected chi connectivity index (χ1v) is 6.13. The van der Waals surface area contributed by atoms with E-state index in [2.05, 4.69) is 15.2 Å². The number of amides is 1. The lowest BCUT2D eigenvalue weighted by molar-refractivity contribution is 0.0736. The first-order chi connectivity index (χ1) is 9.20. The molecule has 0 aliphatic heterocycles. The van der Waals surface area contributed by atoms with Crippen molar-refractivity contribution in [1.82, 2.24) is 20.1 Å². The summed E-state index contributed by atoms with van der Waals surface area (Å²) in [4.78, 5) is 18.0. The Morgan fingerprint density at radius 3 is 2.68 bits per heavy atom. The van der Waals surface area contributed by atoms with Gasteiger partial charge in [0.15, 0.2) is 0 Å². The van der Waals surface area contributed by atoms with Gasteiger partial charge in [-0.05, 0) is 12.5 Å². The number of rotatable bonds is 5.